The van der Waals surface area contributed by atoms with E-state index in [0.29, 0.717) is 31.8 Å². The highest BCUT2D eigenvalue weighted by molar-refractivity contribution is 5.89. The molecule has 138 valence electrons. The molecule has 1 aromatic rings. The van der Waals surface area contributed by atoms with Crippen LogP contribution in [-0.4, -0.2) is 34.7 Å². The fourth-order valence-electron chi connectivity index (χ4n) is 4.51. The Morgan fingerprint density at radius 2 is 1.72 bits per heavy atom. The number of anilines is 1. The van der Waals surface area contributed by atoms with Gasteiger partial charge >= 0.3 is 6.03 Å². The summed E-state index contributed by atoms with van der Waals surface area (Å²) in [7, 11) is 0. The largest absolute Gasteiger partial charge is 0.390 e. The summed E-state index contributed by atoms with van der Waals surface area (Å²) in [5.41, 5.74) is 2.58. The average Bonchev–Trinajstić information content (AvgIpc) is 2.55. The van der Waals surface area contributed by atoms with Gasteiger partial charge in [0.05, 0.1) is 5.60 Å². The zero-order chi connectivity index (χ0) is 17.9. The van der Waals surface area contributed by atoms with Crippen LogP contribution in [0.5, 0.6) is 0 Å². The molecule has 2 aliphatic rings. The molecule has 0 atom stereocenters. The molecule has 3 rings (SSSR count). The number of likely N-dealkylation sites (tertiary alicyclic amines) is 1. The summed E-state index contributed by atoms with van der Waals surface area (Å²) in [6.07, 6.45) is 8.81. The topological polar surface area (TPSA) is 52.6 Å². The van der Waals surface area contributed by atoms with Crippen molar-refractivity contribution < 1.29 is 9.90 Å². The molecule has 25 heavy (non-hydrogen) atoms. The first kappa shape index (κ1) is 18.2. The Balaban J connectivity index is 1.51. The van der Waals surface area contributed by atoms with E-state index in [9.17, 15) is 9.90 Å². The Kier molecular flexibility index (Phi) is 5.67. The molecule has 2 fully saturated rings. The van der Waals surface area contributed by atoms with Crippen LogP contribution in [0.3, 0.4) is 0 Å². The number of carbonyl (C=O) groups excluding carboxylic acids is 1. The van der Waals surface area contributed by atoms with E-state index in [2.05, 4.69) is 11.4 Å². The molecular weight excluding hydrogens is 312 g/mol. The van der Waals surface area contributed by atoms with E-state index in [0.717, 1.165) is 23.2 Å². The highest BCUT2D eigenvalue weighted by Gasteiger charge is 2.36. The molecule has 1 heterocycles. The fourth-order valence-corrected chi connectivity index (χ4v) is 4.51. The number of hydrogen-bond donors (Lipinski definition) is 2. The molecule has 1 aliphatic carbocycles. The Morgan fingerprint density at radius 1 is 1.12 bits per heavy atom. The number of piperidine rings is 1. The van der Waals surface area contributed by atoms with Gasteiger partial charge in [-0.25, -0.2) is 4.79 Å². The quantitative estimate of drug-likeness (QED) is 0.840. The molecule has 1 saturated heterocycles. The van der Waals surface area contributed by atoms with Crippen molar-refractivity contribution in [3.63, 3.8) is 0 Å². The number of rotatable bonds is 3. The molecule has 4 nitrogen and oxygen atoms in total. The predicted octanol–water partition coefficient (Wildman–Crippen LogP) is 4.63. The van der Waals surface area contributed by atoms with Crippen molar-refractivity contribution in [2.75, 3.05) is 18.4 Å². The van der Waals surface area contributed by atoms with Gasteiger partial charge in [0.15, 0.2) is 0 Å². The number of carbonyl (C=O) groups is 1. The normalized spacial score (nSPS) is 21.2. The summed E-state index contributed by atoms with van der Waals surface area (Å²) < 4.78 is 0. The van der Waals surface area contributed by atoms with E-state index >= 15 is 0 Å². The van der Waals surface area contributed by atoms with Crippen LogP contribution in [0.2, 0.25) is 0 Å². The minimum absolute atomic E-state index is 0.0512. The summed E-state index contributed by atoms with van der Waals surface area (Å²) in [5, 5.41) is 13.9. The lowest BCUT2D eigenvalue weighted by molar-refractivity contribution is -0.0337. The van der Waals surface area contributed by atoms with Crippen molar-refractivity contribution >= 4 is 11.7 Å². The monoisotopic (exact) mass is 344 g/mol. The van der Waals surface area contributed by atoms with Crippen LogP contribution in [0.4, 0.5) is 10.5 Å². The van der Waals surface area contributed by atoms with Gasteiger partial charge < -0.3 is 15.3 Å². The van der Waals surface area contributed by atoms with E-state index in [4.69, 9.17) is 0 Å². The molecule has 1 saturated carbocycles. The number of benzene rings is 1. The average molecular weight is 344 g/mol. The third-order valence-corrected chi connectivity index (χ3v) is 5.85. The van der Waals surface area contributed by atoms with Gasteiger partial charge in [-0.2, -0.15) is 0 Å². The lowest BCUT2D eigenvalue weighted by Crippen LogP contribution is -2.48. The second-order valence-electron chi connectivity index (χ2n) is 8.23. The Morgan fingerprint density at radius 3 is 2.32 bits per heavy atom. The van der Waals surface area contributed by atoms with Gasteiger partial charge in [-0.05, 0) is 62.3 Å². The Hall–Kier alpha value is -1.55. The third kappa shape index (κ3) is 4.97. The van der Waals surface area contributed by atoms with Gasteiger partial charge in [-0.1, -0.05) is 38.2 Å². The standard InChI is InChI=1S/C21H32N2O2/c1-16-12-17(2)14-19(13-16)22-20(24)23-10-8-21(25,9-11-23)15-18-6-4-3-5-7-18/h12-14,18,25H,3-11,15H2,1-2H3,(H,22,24). The number of aliphatic hydroxyl groups is 1. The highest BCUT2D eigenvalue weighted by Crippen LogP contribution is 2.35. The molecule has 0 radical (unpaired) electrons. The van der Waals surface area contributed by atoms with Crippen LogP contribution in [0.15, 0.2) is 18.2 Å². The molecular formula is C21H32N2O2. The van der Waals surface area contributed by atoms with Crippen LogP contribution in [0.25, 0.3) is 0 Å². The Labute approximate surface area is 151 Å². The number of hydrogen-bond acceptors (Lipinski definition) is 2. The Bertz CT molecular complexity index is 580. The summed E-state index contributed by atoms with van der Waals surface area (Å²) >= 11 is 0. The first-order valence-corrected chi connectivity index (χ1v) is 9.80. The molecule has 0 spiro atoms. The lowest BCUT2D eigenvalue weighted by atomic mass is 9.77. The minimum atomic E-state index is -0.571. The SMILES string of the molecule is Cc1cc(C)cc(NC(=O)N2CCC(O)(CC3CCCCC3)CC2)c1. The van der Waals surface area contributed by atoms with Gasteiger partial charge in [0.2, 0.25) is 0 Å². The maximum absolute atomic E-state index is 12.5. The maximum atomic E-state index is 12.5. The smallest absolute Gasteiger partial charge is 0.321 e. The minimum Gasteiger partial charge on any atom is -0.390 e. The van der Waals surface area contributed by atoms with E-state index in [1.165, 1.54) is 32.1 Å². The first-order valence-electron chi connectivity index (χ1n) is 9.80. The first-order chi connectivity index (χ1) is 11.9. The van der Waals surface area contributed by atoms with Gasteiger partial charge in [0.1, 0.15) is 0 Å². The zero-order valence-corrected chi connectivity index (χ0v) is 15.7. The van der Waals surface area contributed by atoms with Crippen molar-refractivity contribution in [3.8, 4) is 0 Å². The van der Waals surface area contributed by atoms with Gasteiger partial charge in [0, 0.05) is 18.8 Å². The van der Waals surface area contributed by atoms with Crippen LogP contribution in [0, 0.1) is 19.8 Å². The molecule has 4 heteroatoms. The summed E-state index contributed by atoms with van der Waals surface area (Å²) in [4.78, 5) is 14.4. The van der Waals surface area contributed by atoms with Crippen LogP contribution in [0.1, 0.15) is 62.5 Å². The van der Waals surface area contributed by atoms with Gasteiger partial charge in [0.25, 0.3) is 0 Å². The van der Waals surface area contributed by atoms with Crippen molar-refractivity contribution in [2.45, 2.75) is 70.8 Å². The number of nitrogens with one attached hydrogen (secondary N) is 1. The molecule has 0 aromatic heterocycles. The van der Waals surface area contributed by atoms with Crippen molar-refractivity contribution in [3.05, 3.63) is 29.3 Å². The summed E-state index contributed by atoms with van der Waals surface area (Å²) in [6.45, 7) is 5.35. The van der Waals surface area contributed by atoms with E-state index < -0.39 is 5.60 Å². The van der Waals surface area contributed by atoms with E-state index in [1.54, 1.807) is 0 Å². The van der Waals surface area contributed by atoms with Crippen LogP contribution >= 0.6 is 0 Å². The number of amides is 2. The van der Waals surface area contributed by atoms with Crippen molar-refractivity contribution in [2.24, 2.45) is 5.92 Å². The summed E-state index contributed by atoms with van der Waals surface area (Å²) in [5.74, 6) is 0.675. The van der Waals surface area contributed by atoms with Gasteiger partial charge in [-0.15, -0.1) is 0 Å². The molecule has 1 aromatic carbocycles. The molecule has 1 aliphatic heterocycles. The third-order valence-electron chi connectivity index (χ3n) is 5.85. The van der Waals surface area contributed by atoms with E-state index in [-0.39, 0.29) is 6.03 Å². The predicted molar refractivity (Wildman–Crippen MR) is 102 cm³/mol. The van der Waals surface area contributed by atoms with Crippen molar-refractivity contribution in [1.29, 1.82) is 0 Å². The zero-order valence-electron chi connectivity index (χ0n) is 15.7. The molecule has 0 unspecified atom stereocenters. The molecule has 2 amide bonds. The molecule has 0 bridgehead atoms. The van der Waals surface area contributed by atoms with E-state index in [1.807, 2.05) is 30.9 Å². The second kappa shape index (κ2) is 7.77. The summed E-state index contributed by atoms with van der Waals surface area (Å²) in [6, 6.07) is 6.04. The number of nitrogens with zero attached hydrogens (tertiary/aromatic N) is 1. The lowest BCUT2D eigenvalue weighted by Gasteiger charge is -2.40. The number of urea groups is 1. The van der Waals surface area contributed by atoms with Crippen molar-refractivity contribution in [1.82, 2.24) is 4.90 Å². The van der Waals surface area contributed by atoms with Gasteiger partial charge in [-0.3, -0.25) is 0 Å². The second-order valence-corrected chi connectivity index (χ2v) is 8.23. The number of aryl methyl sites for hydroxylation is 2. The van der Waals surface area contributed by atoms with Crippen LogP contribution < -0.4 is 5.32 Å². The highest BCUT2D eigenvalue weighted by atomic mass is 16.3. The molecule has 2 N–H and O–H groups in total. The van der Waals surface area contributed by atoms with Crippen LogP contribution in [-0.2, 0) is 0 Å². The maximum Gasteiger partial charge on any atom is 0.321 e. The fraction of sp³-hybridized carbons (Fsp3) is 0.667.